The van der Waals surface area contributed by atoms with Gasteiger partial charge in [-0.2, -0.15) is 0 Å². The number of nitrogens with zero attached hydrogens (tertiary/aromatic N) is 2. The van der Waals surface area contributed by atoms with Gasteiger partial charge >= 0.3 is 0 Å². The Morgan fingerprint density at radius 3 is 2.27 bits per heavy atom. The highest BCUT2D eigenvalue weighted by Crippen LogP contribution is 2.39. The zero-order valence-electron chi connectivity index (χ0n) is 23.4. The van der Waals surface area contributed by atoms with E-state index in [2.05, 4.69) is 16.7 Å². The van der Waals surface area contributed by atoms with Gasteiger partial charge in [-0.15, -0.1) is 0 Å². The van der Waals surface area contributed by atoms with Crippen LogP contribution in [0, 0.1) is 6.92 Å². The third-order valence-corrected chi connectivity index (χ3v) is 8.26. The molecule has 2 aromatic carbocycles. The Bertz CT molecular complexity index is 1230. The molecule has 2 saturated heterocycles. The van der Waals surface area contributed by atoms with Crippen molar-refractivity contribution in [2.24, 2.45) is 5.73 Å². The first-order valence-electron chi connectivity index (χ1n) is 14.6. The van der Waals surface area contributed by atoms with Gasteiger partial charge in [0.05, 0.1) is 6.54 Å². The Hall–Kier alpha value is -3.43. The second-order valence-corrected chi connectivity index (χ2v) is 11.2. The molecule has 40 heavy (non-hydrogen) atoms. The van der Waals surface area contributed by atoms with Gasteiger partial charge in [0.25, 0.3) is 11.8 Å². The molecular weight excluding hydrogens is 506 g/mol. The van der Waals surface area contributed by atoms with Crippen LogP contribution < -0.4 is 21.1 Å². The Morgan fingerprint density at radius 1 is 0.925 bits per heavy atom. The number of carbonyl (C=O) groups excluding carboxylic acids is 3. The fourth-order valence-corrected chi connectivity index (χ4v) is 6.10. The average Bonchev–Trinajstić information content (AvgIpc) is 3.50. The minimum Gasteiger partial charge on any atom is -0.489 e. The molecule has 0 radical (unpaired) electrons. The molecule has 1 aliphatic carbocycles. The lowest BCUT2D eigenvalue weighted by Gasteiger charge is -2.35. The number of piperazine rings is 1. The molecule has 9 heteroatoms. The zero-order chi connectivity index (χ0) is 28.1. The van der Waals surface area contributed by atoms with Gasteiger partial charge in [-0.3, -0.25) is 14.4 Å². The monoisotopic (exact) mass is 547 g/mol. The molecule has 2 aromatic rings. The number of nitrogens with two attached hydrogens (primary N) is 1. The first-order valence-corrected chi connectivity index (χ1v) is 14.6. The number of hydrogen-bond donors (Lipinski definition) is 3. The Labute approximate surface area is 236 Å². The number of hydrogen-bond acceptors (Lipinski definition) is 6. The van der Waals surface area contributed by atoms with Crippen LogP contribution in [0.2, 0.25) is 0 Å². The number of aryl methyl sites for hydroxylation is 1. The van der Waals surface area contributed by atoms with E-state index in [1.807, 2.05) is 36.1 Å². The van der Waals surface area contributed by atoms with Crippen LogP contribution in [0.15, 0.2) is 36.4 Å². The highest BCUT2D eigenvalue weighted by Gasteiger charge is 2.28. The number of carbonyl (C=O) groups is 3. The topological polar surface area (TPSA) is 117 Å². The van der Waals surface area contributed by atoms with Gasteiger partial charge in [0, 0.05) is 49.5 Å². The summed E-state index contributed by atoms with van der Waals surface area (Å²) in [6.45, 7) is 5.44. The van der Waals surface area contributed by atoms with Crippen LogP contribution in [-0.2, 0) is 4.79 Å². The van der Waals surface area contributed by atoms with E-state index in [1.165, 1.54) is 24.8 Å². The SMILES string of the molecule is Cc1cc(NC(=O)CN)cc(C(=O)N2CCN(C(=O)c3ccc(O[C@H]4CCNC4)c(C4CCCCC4)c3)CC2)c1. The number of ether oxygens (including phenoxy) is 1. The van der Waals surface area contributed by atoms with Crippen molar-refractivity contribution in [1.82, 2.24) is 15.1 Å². The molecule has 214 valence electrons. The van der Waals surface area contributed by atoms with Crippen LogP contribution in [0.5, 0.6) is 5.75 Å². The van der Waals surface area contributed by atoms with Crippen LogP contribution >= 0.6 is 0 Å². The zero-order valence-corrected chi connectivity index (χ0v) is 23.4. The maximum Gasteiger partial charge on any atom is 0.254 e. The Morgan fingerprint density at radius 2 is 1.62 bits per heavy atom. The van der Waals surface area contributed by atoms with E-state index in [0.29, 0.717) is 48.9 Å². The molecule has 0 aromatic heterocycles. The number of nitrogens with one attached hydrogen (secondary N) is 2. The van der Waals surface area contributed by atoms with E-state index in [0.717, 1.165) is 43.7 Å². The van der Waals surface area contributed by atoms with Crippen LogP contribution in [0.4, 0.5) is 5.69 Å². The maximum absolute atomic E-state index is 13.6. The second kappa shape index (κ2) is 12.8. The van der Waals surface area contributed by atoms with Crippen molar-refractivity contribution in [1.29, 1.82) is 0 Å². The molecule has 2 heterocycles. The summed E-state index contributed by atoms with van der Waals surface area (Å²) in [4.78, 5) is 42.2. The summed E-state index contributed by atoms with van der Waals surface area (Å²) in [5.74, 6) is 0.932. The average molecular weight is 548 g/mol. The molecule has 0 bridgehead atoms. The summed E-state index contributed by atoms with van der Waals surface area (Å²) in [5.41, 5.74) is 9.21. The van der Waals surface area contributed by atoms with Crippen molar-refractivity contribution in [3.8, 4) is 5.75 Å². The maximum atomic E-state index is 13.6. The van der Waals surface area contributed by atoms with Crippen molar-refractivity contribution in [2.75, 3.05) is 51.1 Å². The number of anilines is 1. The molecule has 3 fully saturated rings. The predicted molar refractivity (Wildman–Crippen MR) is 155 cm³/mol. The molecule has 1 atom stereocenters. The summed E-state index contributed by atoms with van der Waals surface area (Å²) < 4.78 is 6.41. The minimum absolute atomic E-state index is 0.000537. The van der Waals surface area contributed by atoms with Crippen LogP contribution in [0.1, 0.15) is 76.3 Å². The standard InChI is InChI=1S/C31H41N5O4/c1-21-15-24(17-25(16-21)34-29(37)19-32)31(39)36-13-11-35(12-14-36)30(38)23-7-8-28(40-26-9-10-33-20-26)27(18-23)22-5-3-2-4-6-22/h7-8,15-18,22,26,33H,2-6,9-14,19-20,32H2,1H3,(H,34,37)/t26-/m0/s1. The van der Waals surface area contributed by atoms with Gasteiger partial charge < -0.3 is 30.9 Å². The molecule has 9 nitrogen and oxygen atoms in total. The highest BCUT2D eigenvalue weighted by atomic mass is 16.5. The minimum atomic E-state index is -0.307. The summed E-state index contributed by atoms with van der Waals surface area (Å²) in [5, 5.41) is 6.09. The van der Waals surface area contributed by atoms with Crippen molar-refractivity contribution >= 4 is 23.4 Å². The van der Waals surface area contributed by atoms with Gasteiger partial charge in [-0.25, -0.2) is 0 Å². The Kier molecular flexibility index (Phi) is 9.01. The first-order chi connectivity index (χ1) is 19.4. The van der Waals surface area contributed by atoms with Gasteiger partial charge in [0.1, 0.15) is 11.9 Å². The van der Waals surface area contributed by atoms with Crippen LogP contribution in [0.3, 0.4) is 0 Å². The van der Waals surface area contributed by atoms with E-state index >= 15 is 0 Å². The second-order valence-electron chi connectivity index (χ2n) is 11.2. The largest absolute Gasteiger partial charge is 0.489 e. The van der Waals surface area contributed by atoms with Crippen LogP contribution in [0.25, 0.3) is 0 Å². The first kappa shape index (κ1) is 28.1. The quantitative estimate of drug-likeness (QED) is 0.490. The van der Waals surface area contributed by atoms with E-state index in [-0.39, 0.29) is 30.4 Å². The lowest BCUT2D eigenvalue weighted by atomic mass is 9.83. The van der Waals surface area contributed by atoms with Gasteiger partial charge in [0.15, 0.2) is 0 Å². The van der Waals surface area contributed by atoms with E-state index in [1.54, 1.807) is 11.0 Å². The van der Waals surface area contributed by atoms with E-state index in [4.69, 9.17) is 10.5 Å². The normalized spacial score (nSPS) is 19.9. The summed E-state index contributed by atoms with van der Waals surface area (Å²) in [6, 6.07) is 11.3. The van der Waals surface area contributed by atoms with Crippen molar-refractivity contribution in [3.05, 3.63) is 58.7 Å². The molecule has 0 unspecified atom stereocenters. The molecule has 1 saturated carbocycles. The van der Waals surface area contributed by atoms with Gasteiger partial charge in [-0.1, -0.05) is 19.3 Å². The fraction of sp³-hybridized carbons (Fsp3) is 0.516. The van der Waals surface area contributed by atoms with Gasteiger partial charge in [0.2, 0.25) is 5.91 Å². The van der Waals surface area contributed by atoms with Crippen molar-refractivity contribution in [3.63, 3.8) is 0 Å². The molecule has 3 aliphatic rings. The molecule has 2 aliphatic heterocycles. The molecular formula is C31H41N5O4. The molecule has 4 N–H and O–H groups in total. The smallest absolute Gasteiger partial charge is 0.254 e. The number of rotatable bonds is 7. The third kappa shape index (κ3) is 6.64. The Balaban J connectivity index is 1.25. The highest BCUT2D eigenvalue weighted by molar-refractivity contribution is 5.98. The number of amides is 3. The third-order valence-electron chi connectivity index (χ3n) is 8.26. The van der Waals surface area contributed by atoms with E-state index < -0.39 is 0 Å². The molecule has 0 spiro atoms. The lowest BCUT2D eigenvalue weighted by molar-refractivity contribution is -0.114. The summed E-state index contributed by atoms with van der Waals surface area (Å²) in [7, 11) is 0. The van der Waals surface area contributed by atoms with Crippen molar-refractivity contribution in [2.45, 2.75) is 57.5 Å². The molecule has 3 amide bonds. The number of benzene rings is 2. The van der Waals surface area contributed by atoms with E-state index in [9.17, 15) is 14.4 Å². The lowest BCUT2D eigenvalue weighted by Crippen LogP contribution is -2.50. The fourth-order valence-electron chi connectivity index (χ4n) is 6.10. The molecule has 5 rings (SSSR count). The van der Waals surface area contributed by atoms with Crippen molar-refractivity contribution < 1.29 is 19.1 Å². The van der Waals surface area contributed by atoms with Crippen LogP contribution in [-0.4, -0.2) is 79.4 Å². The summed E-state index contributed by atoms with van der Waals surface area (Å²) in [6.07, 6.45) is 7.14. The predicted octanol–water partition coefficient (Wildman–Crippen LogP) is 3.28. The summed E-state index contributed by atoms with van der Waals surface area (Å²) >= 11 is 0. The van der Waals surface area contributed by atoms with Gasteiger partial charge in [-0.05, 0) is 86.2 Å².